The van der Waals surface area contributed by atoms with E-state index in [1.807, 2.05) is 19.3 Å². The third-order valence-electron chi connectivity index (χ3n) is 3.55. The molecule has 1 aliphatic carbocycles. The van der Waals surface area contributed by atoms with Crippen LogP contribution in [0, 0.1) is 0 Å². The van der Waals surface area contributed by atoms with E-state index in [1.54, 1.807) is 0 Å². The van der Waals surface area contributed by atoms with Gasteiger partial charge < -0.3 is 10.1 Å². The zero-order valence-electron chi connectivity index (χ0n) is 11.9. The Balaban J connectivity index is 2.06. The number of likely N-dealkylation sites (N-methyl/N-ethyl adjacent to an activating group) is 1. The molecule has 0 bridgehead atoms. The summed E-state index contributed by atoms with van der Waals surface area (Å²) in [6, 6.07) is 4.57. The summed E-state index contributed by atoms with van der Waals surface area (Å²) < 4.78 is 5.92. The molecule has 2 rings (SSSR count). The molecule has 0 aliphatic heterocycles. The Morgan fingerprint density at radius 1 is 1.50 bits per heavy atom. The molecule has 0 amide bonds. The van der Waals surface area contributed by atoms with Gasteiger partial charge in [-0.1, -0.05) is 6.07 Å². The Bertz CT molecular complexity index is 398. The topological polar surface area (TPSA) is 34.1 Å². The first-order valence-corrected chi connectivity index (χ1v) is 6.76. The lowest BCUT2D eigenvalue weighted by Gasteiger charge is -2.28. The molecule has 2 unspecified atom stereocenters. The van der Waals surface area contributed by atoms with Crippen molar-refractivity contribution >= 4 is 0 Å². The summed E-state index contributed by atoms with van der Waals surface area (Å²) in [5, 5.41) is 3.39. The van der Waals surface area contributed by atoms with Crippen molar-refractivity contribution < 1.29 is 4.74 Å². The van der Waals surface area contributed by atoms with E-state index in [4.69, 9.17) is 4.74 Å². The maximum Gasteiger partial charge on any atom is 0.0633 e. The van der Waals surface area contributed by atoms with Crippen LogP contribution in [0.1, 0.15) is 44.4 Å². The van der Waals surface area contributed by atoms with Crippen LogP contribution < -0.4 is 5.32 Å². The molecular weight excluding hydrogens is 224 g/mol. The van der Waals surface area contributed by atoms with E-state index in [-0.39, 0.29) is 5.60 Å². The predicted octanol–water partition coefficient (Wildman–Crippen LogP) is 2.51. The zero-order chi connectivity index (χ0) is 13.2. The molecule has 0 spiro atoms. The molecule has 1 heterocycles. The standard InChI is InChI=1S/C15H24N2O/c1-15(2,3)18-10-13(16-4)12-8-7-11-6-5-9-17-14(11)12/h5-6,9,12-13,16H,7-8,10H2,1-4H3. The van der Waals surface area contributed by atoms with Crippen molar-refractivity contribution in [1.29, 1.82) is 0 Å². The smallest absolute Gasteiger partial charge is 0.0633 e. The quantitative estimate of drug-likeness (QED) is 0.889. The second-order valence-electron chi connectivity index (χ2n) is 6.01. The van der Waals surface area contributed by atoms with E-state index in [1.165, 1.54) is 17.7 Å². The predicted molar refractivity (Wildman–Crippen MR) is 73.9 cm³/mol. The van der Waals surface area contributed by atoms with Gasteiger partial charge in [-0.15, -0.1) is 0 Å². The van der Waals surface area contributed by atoms with E-state index >= 15 is 0 Å². The van der Waals surface area contributed by atoms with Crippen molar-refractivity contribution in [1.82, 2.24) is 10.3 Å². The highest BCUT2D eigenvalue weighted by Crippen LogP contribution is 2.34. The Labute approximate surface area is 110 Å². The summed E-state index contributed by atoms with van der Waals surface area (Å²) in [6.07, 6.45) is 4.21. The minimum absolute atomic E-state index is 0.0827. The molecule has 100 valence electrons. The number of hydrogen-bond acceptors (Lipinski definition) is 3. The van der Waals surface area contributed by atoms with Crippen LogP contribution in [-0.2, 0) is 11.2 Å². The summed E-state index contributed by atoms with van der Waals surface area (Å²) in [5.74, 6) is 0.480. The molecule has 3 heteroatoms. The average molecular weight is 248 g/mol. The van der Waals surface area contributed by atoms with Crippen molar-refractivity contribution in [3.8, 4) is 0 Å². The van der Waals surface area contributed by atoms with E-state index in [2.05, 4.69) is 37.1 Å². The van der Waals surface area contributed by atoms with Gasteiger partial charge in [-0.25, -0.2) is 0 Å². The fourth-order valence-corrected chi connectivity index (χ4v) is 2.58. The van der Waals surface area contributed by atoms with Crippen molar-refractivity contribution in [2.75, 3.05) is 13.7 Å². The zero-order valence-corrected chi connectivity index (χ0v) is 11.9. The molecule has 0 saturated heterocycles. The number of ether oxygens (including phenoxy) is 1. The number of nitrogens with one attached hydrogen (secondary N) is 1. The largest absolute Gasteiger partial charge is 0.374 e. The van der Waals surface area contributed by atoms with Gasteiger partial charge in [0.15, 0.2) is 0 Å². The number of pyridine rings is 1. The Morgan fingerprint density at radius 2 is 2.28 bits per heavy atom. The van der Waals surface area contributed by atoms with Crippen LogP contribution in [0.3, 0.4) is 0 Å². The third kappa shape index (κ3) is 3.09. The molecular formula is C15H24N2O. The number of aromatic nitrogens is 1. The van der Waals surface area contributed by atoms with Gasteiger partial charge in [0, 0.05) is 23.9 Å². The highest BCUT2D eigenvalue weighted by molar-refractivity contribution is 5.29. The van der Waals surface area contributed by atoms with Gasteiger partial charge >= 0.3 is 0 Å². The van der Waals surface area contributed by atoms with Crippen LogP contribution in [-0.4, -0.2) is 30.3 Å². The Hall–Kier alpha value is -0.930. The molecule has 1 aromatic heterocycles. The summed E-state index contributed by atoms with van der Waals surface area (Å²) in [6.45, 7) is 7.03. The number of fused-ring (bicyclic) bond motifs is 1. The van der Waals surface area contributed by atoms with Crippen molar-refractivity contribution in [2.45, 2.75) is 51.2 Å². The SMILES string of the molecule is CNC(COC(C)(C)C)C1CCc2cccnc21. The molecule has 1 aromatic rings. The first-order chi connectivity index (χ1) is 8.51. The van der Waals surface area contributed by atoms with Gasteiger partial charge in [-0.2, -0.15) is 0 Å². The maximum atomic E-state index is 5.92. The molecule has 2 atom stereocenters. The van der Waals surface area contributed by atoms with Crippen LogP contribution in [0.15, 0.2) is 18.3 Å². The number of rotatable bonds is 4. The van der Waals surface area contributed by atoms with Crippen molar-refractivity contribution in [3.63, 3.8) is 0 Å². The maximum absolute atomic E-state index is 5.92. The van der Waals surface area contributed by atoms with Crippen molar-refractivity contribution in [2.24, 2.45) is 0 Å². The Morgan fingerprint density at radius 3 is 2.94 bits per heavy atom. The molecule has 1 aliphatic rings. The van der Waals surface area contributed by atoms with Crippen LogP contribution in [0.2, 0.25) is 0 Å². The van der Waals surface area contributed by atoms with E-state index in [9.17, 15) is 0 Å². The Kier molecular flexibility index (Phi) is 4.03. The summed E-state index contributed by atoms with van der Waals surface area (Å²) in [4.78, 5) is 4.56. The van der Waals surface area contributed by atoms with Crippen LogP contribution in [0.25, 0.3) is 0 Å². The molecule has 18 heavy (non-hydrogen) atoms. The van der Waals surface area contributed by atoms with Gasteiger partial charge in [0.25, 0.3) is 0 Å². The van der Waals surface area contributed by atoms with Gasteiger partial charge in [0.2, 0.25) is 0 Å². The fraction of sp³-hybridized carbons (Fsp3) is 0.667. The van der Waals surface area contributed by atoms with Gasteiger partial charge in [-0.3, -0.25) is 4.98 Å². The minimum atomic E-state index is -0.0827. The lowest BCUT2D eigenvalue weighted by atomic mass is 9.97. The normalized spacial score (nSPS) is 20.8. The lowest BCUT2D eigenvalue weighted by Crippen LogP contribution is -2.38. The highest BCUT2D eigenvalue weighted by Gasteiger charge is 2.31. The average Bonchev–Trinajstić information content (AvgIpc) is 2.73. The van der Waals surface area contributed by atoms with Crippen molar-refractivity contribution in [3.05, 3.63) is 29.6 Å². The summed E-state index contributed by atoms with van der Waals surface area (Å²) >= 11 is 0. The second kappa shape index (κ2) is 5.37. The van der Waals surface area contributed by atoms with Gasteiger partial charge in [0.05, 0.1) is 12.2 Å². The minimum Gasteiger partial charge on any atom is -0.374 e. The lowest BCUT2D eigenvalue weighted by molar-refractivity contribution is -0.0169. The summed E-state index contributed by atoms with van der Waals surface area (Å²) in [5.41, 5.74) is 2.58. The molecule has 0 fully saturated rings. The number of hydrogen-bond donors (Lipinski definition) is 1. The first-order valence-electron chi connectivity index (χ1n) is 6.76. The third-order valence-corrected chi connectivity index (χ3v) is 3.55. The molecule has 0 radical (unpaired) electrons. The molecule has 0 aromatic carbocycles. The molecule has 1 N–H and O–H groups in total. The van der Waals surface area contributed by atoms with Gasteiger partial charge in [0.1, 0.15) is 0 Å². The highest BCUT2D eigenvalue weighted by atomic mass is 16.5. The number of nitrogens with zero attached hydrogens (tertiary/aromatic N) is 1. The second-order valence-corrected chi connectivity index (χ2v) is 6.01. The monoisotopic (exact) mass is 248 g/mol. The molecule has 0 saturated carbocycles. The van der Waals surface area contributed by atoms with Gasteiger partial charge in [-0.05, 0) is 52.3 Å². The van der Waals surface area contributed by atoms with E-state index < -0.39 is 0 Å². The molecule has 3 nitrogen and oxygen atoms in total. The number of aryl methyl sites for hydroxylation is 1. The van der Waals surface area contributed by atoms with Crippen LogP contribution in [0.4, 0.5) is 0 Å². The first kappa shape index (κ1) is 13.5. The summed E-state index contributed by atoms with van der Waals surface area (Å²) in [7, 11) is 2.01. The van der Waals surface area contributed by atoms with E-state index in [0.29, 0.717) is 12.0 Å². The van der Waals surface area contributed by atoms with Crippen LogP contribution in [0.5, 0.6) is 0 Å². The fourth-order valence-electron chi connectivity index (χ4n) is 2.58. The van der Waals surface area contributed by atoms with Crippen LogP contribution >= 0.6 is 0 Å². The van der Waals surface area contributed by atoms with E-state index in [0.717, 1.165) is 13.0 Å².